The fourth-order valence-corrected chi connectivity index (χ4v) is 8.99. The molecule has 2 saturated heterocycles. The fourth-order valence-electron chi connectivity index (χ4n) is 7.62. The highest BCUT2D eigenvalue weighted by Gasteiger charge is 2.64. The lowest BCUT2D eigenvalue weighted by Crippen LogP contribution is -2.58. The molecule has 5 amide bonds. The van der Waals surface area contributed by atoms with Gasteiger partial charge in [-0.1, -0.05) is 44.7 Å². The summed E-state index contributed by atoms with van der Waals surface area (Å²) in [6.07, 6.45) is 1.58. The number of benzene rings is 1. The van der Waals surface area contributed by atoms with Crippen molar-refractivity contribution in [3.05, 3.63) is 35.1 Å². The molecule has 1 aromatic carbocycles. The summed E-state index contributed by atoms with van der Waals surface area (Å²) in [4.78, 5) is 71.0. The highest BCUT2D eigenvalue weighted by molar-refractivity contribution is 7.91. The lowest BCUT2D eigenvalue weighted by atomic mass is 9.93. The summed E-state index contributed by atoms with van der Waals surface area (Å²) in [7, 11) is -3.91. The number of ether oxygens (including phenoxy) is 2. The summed E-state index contributed by atoms with van der Waals surface area (Å²) in [5, 5.41) is 4.88. The van der Waals surface area contributed by atoms with Gasteiger partial charge in [0, 0.05) is 18.5 Å². The van der Waals surface area contributed by atoms with Crippen LogP contribution in [0.25, 0.3) is 0 Å². The number of amides is 5. The van der Waals surface area contributed by atoms with Crippen LogP contribution in [0.2, 0.25) is 0 Å². The molecule has 0 bridgehead atoms. The Morgan fingerprint density at radius 3 is 2.45 bits per heavy atom. The van der Waals surface area contributed by atoms with E-state index in [-0.39, 0.29) is 50.7 Å². The monoisotopic (exact) mass is 733 g/mol. The second-order valence-corrected chi connectivity index (χ2v) is 17.7. The molecule has 2 aliphatic carbocycles. The first kappa shape index (κ1) is 36.8. The minimum Gasteiger partial charge on any atom is -0.444 e. The van der Waals surface area contributed by atoms with Gasteiger partial charge in [0.2, 0.25) is 21.8 Å². The Balaban J connectivity index is 1.25. The van der Waals surface area contributed by atoms with Crippen molar-refractivity contribution in [1.29, 1.82) is 0 Å². The summed E-state index contributed by atoms with van der Waals surface area (Å²) in [5.41, 5.74) is -1.28. The Hall–Kier alpha value is -3.95. The molecule has 51 heavy (non-hydrogen) atoms. The molecule has 6 rings (SSSR count). The van der Waals surface area contributed by atoms with Crippen LogP contribution < -0.4 is 15.4 Å². The lowest BCUT2D eigenvalue weighted by molar-refractivity contribution is -0.141. The zero-order chi connectivity index (χ0) is 36.9. The van der Waals surface area contributed by atoms with Gasteiger partial charge in [0.1, 0.15) is 35.1 Å². The molecule has 1 aromatic rings. The number of nitrogens with zero attached hydrogens (tertiary/aromatic N) is 2. The van der Waals surface area contributed by atoms with Crippen molar-refractivity contribution in [3.63, 3.8) is 0 Å². The topological polar surface area (TPSA) is 181 Å². The molecule has 6 atom stereocenters. The smallest absolute Gasteiger partial charge is 0.410 e. The van der Waals surface area contributed by atoms with Crippen LogP contribution in [0.15, 0.2) is 18.2 Å². The molecule has 5 aliphatic rings. The Labute approximate surface area is 297 Å². The van der Waals surface area contributed by atoms with Crippen molar-refractivity contribution in [2.24, 2.45) is 11.8 Å². The number of nitrogens with one attached hydrogen (secondary N) is 3. The van der Waals surface area contributed by atoms with Crippen molar-refractivity contribution < 1.29 is 46.3 Å². The van der Waals surface area contributed by atoms with Gasteiger partial charge < -0.3 is 25.0 Å². The molecule has 3 N–H and O–H groups in total. The summed E-state index contributed by atoms with van der Waals surface area (Å²) < 4.78 is 53.5. The molecular weight excluding hydrogens is 685 g/mol. The molecule has 0 spiro atoms. The number of alkyl carbamates (subject to hydrolysis) is 1. The van der Waals surface area contributed by atoms with Gasteiger partial charge in [-0.2, -0.15) is 0 Å². The van der Waals surface area contributed by atoms with E-state index in [0.29, 0.717) is 36.8 Å². The molecule has 14 nitrogen and oxygen atoms in total. The molecule has 0 aromatic heterocycles. The van der Waals surface area contributed by atoms with E-state index >= 15 is 0 Å². The average Bonchev–Trinajstić information content (AvgIpc) is 3.93. The van der Waals surface area contributed by atoms with E-state index < -0.39 is 80.3 Å². The van der Waals surface area contributed by atoms with Gasteiger partial charge in [0.25, 0.3) is 5.91 Å². The van der Waals surface area contributed by atoms with Crippen LogP contribution in [0.4, 0.5) is 14.0 Å². The highest BCUT2D eigenvalue weighted by Crippen LogP contribution is 2.51. The summed E-state index contributed by atoms with van der Waals surface area (Å²) in [6, 6.07) is 2.34. The number of fused-ring (bicyclic) bond motifs is 3. The maximum absolute atomic E-state index is 14.4. The standard InChI is InChI=1S/C35H48FN5O9S/c1-20-9-6-5-7-12-27(37-32(45)50-34(2,3)4)30(43)41-18-22(49-33(46)40-17-21-10-8-11-26(36)24(21)19-40)15-28(41)29(42)38-35(16-25(20)35)31(44)39-51(47,48)23-13-14-23/h8,10-11,20,22-23,25,27-28H,5-7,9,12-19H2,1-4H3,(H,37,45)(H,38,42)(H,39,44)/t20?,22-,25?,27+,28+,35-/m1/s1. The molecule has 2 unspecified atom stereocenters. The number of carbonyl (C=O) groups excluding carboxylic acids is 5. The highest BCUT2D eigenvalue weighted by atomic mass is 32.2. The van der Waals surface area contributed by atoms with E-state index in [1.807, 2.05) is 6.92 Å². The molecule has 3 aliphatic heterocycles. The number of hydrogen-bond acceptors (Lipinski definition) is 9. The first-order chi connectivity index (χ1) is 24.0. The minimum absolute atomic E-state index is 0.00295. The summed E-state index contributed by atoms with van der Waals surface area (Å²) in [5.74, 6) is -2.85. The third-order valence-electron chi connectivity index (χ3n) is 10.6. The Morgan fingerprint density at radius 2 is 1.76 bits per heavy atom. The van der Waals surface area contributed by atoms with E-state index in [0.717, 1.165) is 12.8 Å². The average molecular weight is 734 g/mol. The summed E-state index contributed by atoms with van der Waals surface area (Å²) >= 11 is 0. The maximum Gasteiger partial charge on any atom is 0.410 e. The van der Waals surface area contributed by atoms with E-state index in [1.54, 1.807) is 32.9 Å². The van der Waals surface area contributed by atoms with Crippen LogP contribution in [0.1, 0.15) is 96.6 Å². The predicted molar refractivity (Wildman–Crippen MR) is 181 cm³/mol. The van der Waals surface area contributed by atoms with Crippen molar-refractivity contribution in [3.8, 4) is 0 Å². The van der Waals surface area contributed by atoms with Gasteiger partial charge in [-0.25, -0.2) is 22.4 Å². The van der Waals surface area contributed by atoms with Gasteiger partial charge in [0.15, 0.2) is 0 Å². The number of sulfonamides is 1. The third-order valence-corrected chi connectivity index (χ3v) is 12.4. The van der Waals surface area contributed by atoms with Crippen molar-refractivity contribution >= 4 is 39.9 Å². The molecule has 2 saturated carbocycles. The van der Waals surface area contributed by atoms with Gasteiger partial charge >= 0.3 is 12.2 Å². The van der Waals surface area contributed by atoms with Crippen molar-refractivity contribution in [1.82, 2.24) is 25.2 Å². The first-order valence-electron chi connectivity index (χ1n) is 17.9. The van der Waals surface area contributed by atoms with Crippen molar-refractivity contribution in [2.45, 2.75) is 133 Å². The SMILES string of the molecule is CC1CCCCC[C@H](NC(=O)OC(C)(C)C)C(=O)N2C[C@H](OC(=O)N3Cc4cccc(F)c4C3)C[C@H]2C(=O)N[C@]2(C(=O)NS(=O)(=O)C3CC3)CC12. The lowest BCUT2D eigenvalue weighted by Gasteiger charge is -2.31. The van der Waals surface area contributed by atoms with Crippen LogP contribution in [-0.4, -0.2) is 89.2 Å². The molecule has 0 radical (unpaired) electrons. The number of halogens is 1. The Kier molecular flexibility index (Phi) is 10.0. The normalized spacial score (nSPS) is 29.9. The third kappa shape index (κ3) is 8.10. The zero-order valence-electron chi connectivity index (χ0n) is 29.5. The second kappa shape index (κ2) is 13.9. The minimum atomic E-state index is -3.91. The van der Waals surface area contributed by atoms with Gasteiger partial charge in [-0.15, -0.1) is 0 Å². The number of rotatable bonds is 5. The Morgan fingerprint density at radius 1 is 1.04 bits per heavy atom. The van der Waals surface area contributed by atoms with E-state index in [9.17, 15) is 36.8 Å². The van der Waals surface area contributed by atoms with Crippen LogP contribution >= 0.6 is 0 Å². The van der Waals surface area contributed by atoms with Crippen molar-refractivity contribution in [2.75, 3.05) is 6.54 Å². The number of carbonyl (C=O) groups is 5. The largest absolute Gasteiger partial charge is 0.444 e. The predicted octanol–water partition coefficient (Wildman–Crippen LogP) is 3.22. The molecule has 16 heteroatoms. The first-order valence-corrected chi connectivity index (χ1v) is 19.4. The van der Waals surface area contributed by atoms with Crippen LogP contribution in [-0.2, 0) is 47.0 Å². The van der Waals surface area contributed by atoms with E-state index in [2.05, 4.69) is 15.4 Å². The maximum atomic E-state index is 14.4. The van der Waals surface area contributed by atoms with Crippen LogP contribution in [0, 0.1) is 17.7 Å². The van der Waals surface area contributed by atoms with Crippen LogP contribution in [0.5, 0.6) is 0 Å². The zero-order valence-corrected chi connectivity index (χ0v) is 30.4. The molecule has 3 heterocycles. The molecule has 280 valence electrons. The Bertz CT molecular complexity index is 1700. The summed E-state index contributed by atoms with van der Waals surface area (Å²) in [6.45, 7) is 7.02. The molecular formula is C35H48FN5O9S. The fraction of sp³-hybridized carbons (Fsp3) is 0.686. The quantitative estimate of drug-likeness (QED) is 0.410. The van der Waals surface area contributed by atoms with Crippen LogP contribution in [0.3, 0.4) is 0 Å². The number of hydrogen-bond donors (Lipinski definition) is 3. The van der Waals surface area contributed by atoms with E-state index in [4.69, 9.17) is 9.47 Å². The van der Waals surface area contributed by atoms with Gasteiger partial charge in [-0.3, -0.25) is 24.0 Å². The molecule has 4 fully saturated rings. The van der Waals surface area contributed by atoms with Gasteiger partial charge in [-0.05, 0) is 69.9 Å². The second-order valence-electron chi connectivity index (χ2n) is 15.7. The van der Waals surface area contributed by atoms with Gasteiger partial charge in [0.05, 0.1) is 18.3 Å². The van der Waals surface area contributed by atoms with E-state index in [1.165, 1.54) is 15.9 Å².